The van der Waals surface area contributed by atoms with E-state index in [1.807, 2.05) is 12.1 Å². The molecule has 1 saturated heterocycles. The number of amides is 1. The molecule has 132 valence electrons. The van der Waals surface area contributed by atoms with E-state index in [0.717, 1.165) is 5.56 Å². The summed E-state index contributed by atoms with van der Waals surface area (Å²) in [4.78, 5) is 26.1. The highest BCUT2D eigenvalue weighted by Gasteiger charge is 2.29. The van der Waals surface area contributed by atoms with Crippen molar-refractivity contribution >= 4 is 23.5 Å². The number of hydrogen-bond donors (Lipinski definition) is 1. The van der Waals surface area contributed by atoms with Gasteiger partial charge in [0.2, 0.25) is 0 Å². The molecule has 0 spiro atoms. The molecule has 1 aliphatic heterocycles. The number of halogens is 1. The second kappa shape index (κ2) is 7.70. The first-order valence-corrected chi connectivity index (χ1v) is 8.73. The van der Waals surface area contributed by atoms with Crippen molar-refractivity contribution in [3.05, 3.63) is 41.0 Å². The lowest BCUT2D eigenvalue weighted by Crippen LogP contribution is -2.40. The Morgan fingerprint density at radius 2 is 2.08 bits per heavy atom. The molecule has 1 fully saturated rings. The van der Waals surface area contributed by atoms with Crippen LogP contribution in [0.5, 0.6) is 0 Å². The lowest BCUT2D eigenvalue weighted by atomic mass is 9.97. The molecule has 1 aromatic heterocycles. The van der Waals surface area contributed by atoms with Crippen molar-refractivity contribution in [2.75, 3.05) is 19.7 Å². The number of aromatic amines is 1. The zero-order valence-corrected chi connectivity index (χ0v) is 14.8. The molecule has 1 aliphatic rings. The van der Waals surface area contributed by atoms with Crippen LogP contribution in [0.2, 0.25) is 5.02 Å². The minimum absolute atomic E-state index is 0.108. The third-order valence-corrected chi connectivity index (χ3v) is 4.57. The molecular weight excluding hydrogens is 342 g/mol. The third kappa shape index (κ3) is 4.02. The predicted molar refractivity (Wildman–Crippen MR) is 94.3 cm³/mol. The molecule has 3 rings (SSSR count). The van der Waals surface area contributed by atoms with Crippen molar-refractivity contribution < 1.29 is 14.3 Å². The van der Waals surface area contributed by atoms with E-state index in [9.17, 15) is 9.59 Å². The van der Waals surface area contributed by atoms with Gasteiger partial charge >= 0.3 is 5.97 Å². The molecule has 1 N–H and O–H groups in total. The fourth-order valence-electron chi connectivity index (χ4n) is 2.98. The van der Waals surface area contributed by atoms with E-state index in [1.165, 1.54) is 0 Å². The molecule has 1 amide bonds. The van der Waals surface area contributed by atoms with Crippen LogP contribution in [0.25, 0.3) is 11.3 Å². The van der Waals surface area contributed by atoms with Gasteiger partial charge in [-0.25, -0.2) is 0 Å². The number of likely N-dealkylation sites (tertiary alicyclic amines) is 1. The van der Waals surface area contributed by atoms with Crippen molar-refractivity contribution in [3.63, 3.8) is 0 Å². The number of rotatable bonds is 4. The standard InChI is InChI=1S/C18H20ClN3O3/c1-2-25-18(24)12-6-8-22(9-7-12)17(23)16-11-15(20-21-16)13-4-3-5-14(19)10-13/h3-5,10-12H,2,6-9H2,1H3,(H,20,21). The predicted octanol–water partition coefficient (Wildman–Crippen LogP) is 3.15. The van der Waals surface area contributed by atoms with Gasteiger partial charge < -0.3 is 9.64 Å². The smallest absolute Gasteiger partial charge is 0.309 e. The monoisotopic (exact) mass is 361 g/mol. The molecule has 25 heavy (non-hydrogen) atoms. The number of carbonyl (C=O) groups is 2. The first-order valence-electron chi connectivity index (χ1n) is 8.35. The maximum Gasteiger partial charge on any atom is 0.309 e. The lowest BCUT2D eigenvalue weighted by Gasteiger charge is -2.30. The summed E-state index contributed by atoms with van der Waals surface area (Å²) in [7, 11) is 0. The van der Waals surface area contributed by atoms with Crippen LogP contribution in [-0.2, 0) is 9.53 Å². The topological polar surface area (TPSA) is 75.3 Å². The quantitative estimate of drug-likeness (QED) is 0.849. The van der Waals surface area contributed by atoms with E-state index in [-0.39, 0.29) is 17.8 Å². The number of aromatic nitrogens is 2. The molecule has 0 unspecified atom stereocenters. The van der Waals surface area contributed by atoms with Gasteiger partial charge in [0.25, 0.3) is 5.91 Å². The Labute approximate surface area is 151 Å². The molecule has 2 aromatic rings. The SMILES string of the molecule is CCOC(=O)C1CCN(C(=O)c2cc(-c3cccc(Cl)c3)n[nH]2)CC1. The van der Waals surface area contributed by atoms with E-state index in [2.05, 4.69) is 10.2 Å². The van der Waals surface area contributed by atoms with Gasteiger partial charge in [0, 0.05) is 23.7 Å². The molecule has 0 aliphatic carbocycles. The van der Waals surface area contributed by atoms with Crippen LogP contribution in [0.15, 0.2) is 30.3 Å². The van der Waals surface area contributed by atoms with E-state index in [0.29, 0.717) is 48.9 Å². The molecule has 1 aromatic carbocycles. The van der Waals surface area contributed by atoms with Gasteiger partial charge in [0.05, 0.1) is 18.2 Å². The summed E-state index contributed by atoms with van der Waals surface area (Å²) in [6.07, 6.45) is 1.25. The van der Waals surface area contributed by atoms with Crippen molar-refractivity contribution in [3.8, 4) is 11.3 Å². The van der Waals surface area contributed by atoms with Crippen molar-refractivity contribution in [1.82, 2.24) is 15.1 Å². The molecule has 0 saturated carbocycles. The molecule has 0 atom stereocenters. The van der Waals surface area contributed by atoms with Crippen LogP contribution in [-0.4, -0.2) is 46.7 Å². The zero-order chi connectivity index (χ0) is 17.8. The van der Waals surface area contributed by atoms with Gasteiger partial charge in [-0.05, 0) is 38.0 Å². The summed E-state index contributed by atoms with van der Waals surface area (Å²) in [6.45, 7) is 3.26. The Bertz CT molecular complexity index is 766. The van der Waals surface area contributed by atoms with Gasteiger partial charge in [0.1, 0.15) is 5.69 Å². The Morgan fingerprint density at radius 1 is 1.32 bits per heavy atom. The Balaban J connectivity index is 1.64. The van der Waals surface area contributed by atoms with Gasteiger partial charge in [-0.1, -0.05) is 23.7 Å². The number of H-pyrrole nitrogens is 1. The maximum atomic E-state index is 12.6. The maximum absolute atomic E-state index is 12.6. The molecule has 7 heteroatoms. The molecule has 6 nitrogen and oxygen atoms in total. The Morgan fingerprint density at radius 3 is 2.76 bits per heavy atom. The van der Waals surface area contributed by atoms with E-state index in [1.54, 1.807) is 30.0 Å². The number of esters is 1. The highest BCUT2D eigenvalue weighted by Crippen LogP contribution is 2.23. The number of carbonyl (C=O) groups excluding carboxylic acids is 2. The number of ether oxygens (including phenoxy) is 1. The summed E-state index contributed by atoms with van der Waals surface area (Å²) < 4.78 is 5.05. The number of nitrogens with zero attached hydrogens (tertiary/aromatic N) is 2. The zero-order valence-electron chi connectivity index (χ0n) is 14.0. The summed E-state index contributed by atoms with van der Waals surface area (Å²) in [5.41, 5.74) is 1.96. The number of benzene rings is 1. The largest absolute Gasteiger partial charge is 0.466 e. The van der Waals surface area contributed by atoms with Crippen molar-refractivity contribution in [1.29, 1.82) is 0 Å². The van der Waals surface area contributed by atoms with E-state index < -0.39 is 0 Å². The summed E-state index contributed by atoms with van der Waals surface area (Å²) in [5, 5.41) is 7.62. The number of nitrogens with one attached hydrogen (secondary N) is 1. The second-order valence-electron chi connectivity index (χ2n) is 6.00. The average molecular weight is 362 g/mol. The van der Waals surface area contributed by atoms with Gasteiger partial charge in [-0.2, -0.15) is 5.10 Å². The summed E-state index contributed by atoms with van der Waals surface area (Å²) >= 11 is 6.00. The van der Waals surface area contributed by atoms with Crippen molar-refractivity contribution in [2.45, 2.75) is 19.8 Å². The molecular formula is C18H20ClN3O3. The second-order valence-corrected chi connectivity index (χ2v) is 6.43. The van der Waals surface area contributed by atoms with Crippen LogP contribution in [0.4, 0.5) is 0 Å². The normalized spacial score (nSPS) is 15.2. The fourth-order valence-corrected chi connectivity index (χ4v) is 3.17. The molecule has 0 radical (unpaired) electrons. The lowest BCUT2D eigenvalue weighted by molar-refractivity contribution is -0.149. The van der Waals surface area contributed by atoms with Gasteiger partial charge in [-0.3, -0.25) is 14.7 Å². The van der Waals surface area contributed by atoms with E-state index in [4.69, 9.17) is 16.3 Å². The molecule has 2 heterocycles. The summed E-state index contributed by atoms with van der Waals surface area (Å²) in [6, 6.07) is 9.05. The van der Waals surface area contributed by atoms with Gasteiger partial charge in [0.15, 0.2) is 0 Å². The van der Waals surface area contributed by atoms with Crippen LogP contribution < -0.4 is 0 Å². The first kappa shape index (κ1) is 17.5. The van der Waals surface area contributed by atoms with E-state index >= 15 is 0 Å². The van der Waals surface area contributed by atoms with Gasteiger partial charge in [-0.15, -0.1) is 0 Å². The van der Waals surface area contributed by atoms with Crippen LogP contribution >= 0.6 is 11.6 Å². The Kier molecular flexibility index (Phi) is 5.38. The number of piperidine rings is 1. The fraction of sp³-hybridized carbons (Fsp3) is 0.389. The summed E-state index contributed by atoms with van der Waals surface area (Å²) in [5.74, 6) is -0.393. The molecule has 0 bridgehead atoms. The number of hydrogen-bond acceptors (Lipinski definition) is 4. The highest BCUT2D eigenvalue weighted by atomic mass is 35.5. The van der Waals surface area contributed by atoms with Crippen LogP contribution in [0.1, 0.15) is 30.3 Å². The third-order valence-electron chi connectivity index (χ3n) is 4.33. The van der Waals surface area contributed by atoms with Crippen LogP contribution in [0, 0.1) is 5.92 Å². The minimum atomic E-state index is -0.167. The first-order chi connectivity index (χ1) is 12.1. The minimum Gasteiger partial charge on any atom is -0.466 e. The van der Waals surface area contributed by atoms with Crippen molar-refractivity contribution in [2.24, 2.45) is 5.92 Å². The average Bonchev–Trinajstić information content (AvgIpc) is 3.11. The highest BCUT2D eigenvalue weighted by molar-refractivity contribution is 6.30. The van der Waals surface area contributed by atoms with Crippen LogP contribution in [0.3, 0.4) is 0 Å². The Hall–Kier alpha value is -2.34.